The number of aryl methyl sites for hydroxylation is 1. The molecule has 90 valence electrons. The zero-order chi connectivity index (χ0) is 11.7. The molecule has 0 unspecified atom stereocenters. The molecule has 4 heteroatoms. The van der Waals surface area contributed by atoms with Gasteiger partial charge in [-0.15, -0.1) is 0 Å². The quantitative estimate of drug-likeness (QED) is 0.824. The fourth-order valence-electron chi connectivity index (χ4n) is 2.23. The molecule has 0 bridgehead atoms. The van der Waals surface area contributed by atoms with E-state index in [-0.39, 0.29) is 0 Å². The number of hydrogen-bond acceptors (Lipinski definition) is 3. The van der Waals surface area contributed by atoms with E-state index in [1.54, 1.807) is 0 Å². The van der Waals surface area contributed by atoms with Crippen LogP contribution < -0.4 is 10.2 Å². The summed E-state index contributed by atoms with van der Waals surface area (Å²) < 4.78 is 2.27. The van der Waals surface area contributed by atoms with E-state index in [0.717, 1.165) is 31.3 Å². The van der Waals surface area contributed by atoms with Crippen molar-refractivity contribution in [1.29, 1.82) is 0 Å². The van der Waals surface area contributed by atoms with Crippen molar-refractivity contribution in [3.63, 3.8) is 0 Å². The third kappa shape index (κ3) is 2.21. The third-order valence-corrected chi connectivity index (χ3v) is 3.04. The summed E-state index contributed by atoms with van der Waals surface area (Å²) in [6, 6.07) is 1.02. The summed E-state index contributed by atoms with van der Waals surface area (Å²) in [4.78, 5) is 7.03. The lowest BCUT2D eigenvalue weighted by molar-refractivity contribution is 0.468. The van der Waals surface area contributed by atoms with Gasteiger partial charge in [-0.3, -0.25) is 0 Å². The molecular weight excluding hydrogens is 200 g/mol. The van der Waals surface area contributed by atoms with Gasteiger partial charge in [0.05, 0.1) is 5.69 Å². The summed E-state index contributed by atoms with van der Waals surface area (Å²) in [5.74, 6) is 1.13. The molecule has 1 saturated heterocycles. The molecule has 1 N–H and O–H groups in total. The molecule has 16 heavy (non-hydrogen) atoms. The van der Waals surface area contributed by atoms with Crippen LogP contribution in [-0.4, -0.2) is 35.2 Å². The molecule has 0 spiro atoms. The zero-order valence-corrected chi connectivity index (χ0v) is 10.7. The fourth-order valence-corrected chi connectivity index (χ4v) is 2.23. The molecule has 2 rings (SSSR count). The number of aromatic nitrogens is 2. The van der Waals surface area contributed by atoms with Crippen LogP contribution in [0.15, 0.2) is 6.20 Å². The minimum atomic E-state index is 0.474. The van der Waals surface area contributed by atoms with Gasteiger partial charge in [-0.05, 0) is 27.7 Å². The molecule has 1 fully saturated rings. The largest absolute Gasteiger partial charge is 0.339 e. The Labute approximate surface area is 97.7 Å². The topological polar surface area (TPSA) is 33.1 Å². The van der Waals surface area contributed by atoms with E-state index < -0.39 is 0 Å². The van der Waals surface area contributed by atoms with Crippen molar-refractivity contribution in [1.82, 2.24) is 14.9 Å². The summed E-state index contributed by atoms with van der Waals surface area (Å²) in [6.07, 6.45) is 2.15. The predicted molar refractivity (Wildman–Crippen MR) is 67.0 cm³/mol. The van der Waals surface area contributed by atoms with Gasteiger partial charge in [0, 0.05) is 37.9 Å². The number of imidazole rings is 1. The van der Waals surface area contributed by atoms with Crippen LogP contribution in [0.1, 0.15) is 32.5 Å². The van der Waals surface area contributed by atoms with Crippen LogP contribution in [0.4, 0.5) is 5.95 Å². The zero-order valence-electron chi connectivity index (χ0n) is 10.7. The Balaban J connectivity index is 2.24. The van der Waals surface area contributed by atoms with Gasteiger partial charge in [0.2, 0.25) is 5.95 Å². The van der Waals surface area contributed by atoms with Gasteiger partial charge in [-0.25, -0.2) is 4.98 Å². The number of piperazine rings is 1. The average Bonchev–Trinajstić information content (AvgIpc) is 2.60. The Morgan fingerprint density at radius 3 is 2.88 bits per heavy atom. The Bertz CT molecular complexity index is 356. The molecule has 2 heterocycles. The lowest BCUT2D eigenvalue weighted by Gasteiger charge is -2.33. The van der Waals surface area contributed by atoms with Gasteiger partial charge in [0.25, 0.3) is 0 Å². The van der Waals surface area contributed by atoms with Crippen molar-refractivity contribution < 1.29 is 0 Å². The number of rotatable bonds is 2. The molecule has 1 aliphatic heterocycles. The van der Waals surface area contributed by atoms with Gasteiger partial charge >= 0.3 is 0 Å². The van der Waals surface area contributed by atoms with Crippen LogP contribution in [0.2, 0.25) is 0 Å². The van der Waals surface area contributed by atoms with E-state index in [2.05, 4.69) is 53.7 Å². The molecule has 1 aromatic rings. The van der Waals surface area contributed by atoms with Crippen LogP contribution in [0.3, 0.4) is 0 Å². The highest BCUT2D eigenvalue weighted by Crippen LogP contribution is 2.20. The van der Waals surface area contributed by atoms with E-state index in [0.29, 0.717) is 12.1 Å². The van der Waals surface area contributed by atoms with Gasteiger partial charge < -0.3 is 14.8 Å². The van der Waals surface area contributed by atoms with Crippen molar-refractivity contribution in [3.05, 3.63) is 11.9 Å². The summed E-state index contributed by atoms with van der Waals surface area (Å²) in [5.41, 5.74) is 1.11. The monoisotopic (exact) mass is 222 g/mol. The average molecular weight is 222 g/mol. The van der Waals surface area contributed by atoms with Crippen LogP contribution in [0.25, 0.3) is 0 Å². The second kappa shape index (κ2) is 4.45. The van der Waals surface area contributed by atoms with Crippen LogP contribution in [0.5, 0.6) is 0 Å². The van der Waals surface area contributed by atoms with Crippen LogP contribution in [-0.2, 0) is 0 Å². The second-order valence-corrected chi connectivity index (χ2v) is 4.98. The Hall–Kier alpha value is -1.03. The van der Waals surface area contributed by atoms with Crippen molar-refractivity contribution in [3.8, 4) is 0 Å². The molecule has 0 aromatic carbocycles. The Morgan fingerprint density at radius 2 is 2.25 bits per heavy atom. The molecule has 1 atom stereocenters. The maximum absolute atomic E-state index is 4.65. The number of nitrogens with one attached hydrogen (secondary N) is 1. The predicted octanol–water partition coefficient (Wildman–Crippen LogP) is 1.57. The van der Waals surface area contributed by atoms with Crippen molar-refractivity contribution in [2.75, 3.05) is 24.5 Å². The highest BCUT2D eigenvalue weighted by atomic mass is 15.3. The van der Waals surface area contributed by atoms with E-state index in [1.807, 2.05) is 0 Å². The number of nitrogens with zero attached hydrogens (tertiary/aromatic N) is 3. The fraction of sp³-hybridized carbons (Fsp3) is 0.750. The molecule has 1 aromatic heterocycles. The maximum atomic E-state index is 4.65. The van der Waals surface area contributed by atoms with E-state index in [4.69, 9.17) is 0 Å². The van der Waals surface area contributed by atoms with E-state index in [9.17, 15) is 0 Å². The molecule has 0 amide bonds. The van der Waals surface area contributed by atoms with Gasteiger partial charge in [0.15, 0.2) is 0 Å². The van der Waals surface area contributed by atoms with Crippen LogP contribution in [0, 0.1) is 6.92 Å². The normalized spacial score (nSPS) is 21.8. The second-order valence-electron chi connectivity index (χ2n) is 4.98. The summed E-state index contributed by atoms with van der Waals surface area (Å²) in [7, 11) is 0. The van der Waals surface area contributed by atoms with Crippen molar-refractivity contribution in [2.45, 2.75) is 39.8 Å². The molecule has 1 aliphatic rings. The standard InChI is InChI=1S/C12H22N4/c1-9(2)16-8-11(4)14-12(16)15-6-5-13-10(3)7-15/h8-10,13H,5-7H2,1-4H3/t10-/m1/s1. The lowest BCUT2D eigenvalue weighted by atomic mass is 10.2. The van der Waals surface area contributed by atoms with E-state index in [1.165, 1.54) is 0 Å². The minimum absolute atomic E-state index is 0.474. The lowest BCUT2D eigenvalue weighted by Crippen LogP contribution is -2.50. The van der Waals surface area contributed by atoms with Gasteiger partial charge in [-0.2, -0.15) is 0 Å². The highest BCUT2D eigenvalue weighted by Gasteiger charge is 2.21. The first kappa shape index (κ1) is 11.5. The molecule has 4 nitrogen and oxygen atoms in total. The smallest absolute Gasteiger partial charge is 0.206 e. The summed E-state index contributed by atoms with van der Waals surface area (Å²) >= 11 is 0. The Kier molecular flexibility index (Phi) is 3.19. The van der Waals surface area contributed by atoms with Gasteiger partial charge in [0.1, 0.15) is 0 Å². The SMILES string of the molecule is Cc1cn(C(C)C)c(N2CCN[C@H](C)C2)n1. The third-order valence-electron chi connectivity index (χ3n) is 3.04. The van der Waals surface area contributed by atoms with Gasteiger partial charge in [-0.1, -0.05) is 0 Å². The number of hydrogen-bond donors (Lipinski definition) is 1. The van der Waals surface area contributed by atoms with Crippen molar-refractivity contribution >= 4 is 5.95 Å². The summed E-state index contributed by atoms with van der Waals surface area (Å²) in [6.45, 7) is 11.8. The highest BCUT2D eigenvalue weighted by molar-refractivity contribution is 5.35. The number of anilines is 1. The Morgan fingerprint density at radius 1 is 1.50 bits per heavy atom. The van der Waals surface area contributed by atoms with Crippen LogP contribution >= 0.6 is 0 Å². The summed E-state index contributed by atoms with van der Waals surface area (Å²) in [5, 5.41) is 3.46. The minimum Gasteiger partial charge on any atom is -0.339 e. The van der Waals surface area contributed by atoms with E-state index >= 15 is 0 Å². The molecule has 0 aliphatic carbocycles. The maximum Gasteiger partial charge on any atom is 0.206 e. The van der Waals surface area contributed by atoms with Crippen molar-refractivity contribution in [2.24, 2.45) is 0 Å². The first-order valence-electron chi connectivity index (χ1n) is 6.11. The first-order valence-corrected chi connectivity index (χ1v) is 6.11. The molecule has 0 radical (unpaired) electrons. The molecule has 0 saturated carbocycles. The molecular formula is C12H22N4. The first-order chi connectivity index (χ1) is 7.58.